The van der Waals surface area contributed by atoms with Gasteiger partial charge in [0, 0.05) is 25.7 Å². The fourth-order valence-electron chi connectivity index (χ4n) is 2.90. The summed E-state index contributed by atoms with van der Waals surface area (Å²) in [6, 6.07) is 9.51. The third-order valence-corrected chi connectivity index (χ3v) is 4.03. The first-order valence-corrected chi connectivity index (χ1v) is 7.37. The molecule has 1 aromatic rings. The lowest BCUT2D eigenvalue weighted by molar-refractivity contribution is 0.173. The molecule has 106 valence electrons. The van der Waals surface area contributed by atoms with Gasteiger partial charge in [0.15, 0.2) is 0 Å². The van der Waals surface area contributed by atoms with Crippen molar-refractivity contribution in [2.75, 3.05) is 33.2 Å². The molecule has 1 aliphatic rings. The van der Waals surface area contributed by atoms with Crippen LogP contribution in [0.4, 0.5) is 0 Å². The molecule has 0 radical (unpaired) electrons. The van der Waals surface area contributed by atoms with Crippen LogP contribution in [0.5, 0.6) is 0 Å². The molecule has 2 rings (SSSR count). The molecule has 1 heterocycles. The summed E-state index contributed by atoms with van der Waals surface area (Å²) in [5, 5.41) is 0. The van der Waals surface area contributed by atoms with Gasteiger partial charge in [-0.3, -0.25) is 4.90 Å². The van der Waals surface area contributed by atoms with Crippen molar-refractivity contribution in [3.05, 3.63) is 35.4 Å². The van der Waals surface area contributed by atoms with Gasteiger partial charge in [-0.2, -0.15) is 0 Å². The number of nitrogens with zero attached hydrogens (tertiary/aromatic N) is 2. The van der Waals surface area contributed by atoms with Crippen molar-refractivity contribution in [1.29, 1.82) is 0 Å². The van der Waals surface area contributed by atoms with Gasteiger partial charge in [0.25, 0.3) is 0 Å². The molecule has 19 heavy (non-hydrogen) atoms. The molecule has 0 aromatic heterocycles. The standard InChI is InChI=1S/C16H27N3/c1-14-4-6-15(7-5-14)12-19-11-3-10-18(2)13-16(19)8-9-17/h4-7,16H,3,8-13,17H2,1-2H3. The molecular formula is C16H27N3. The van der Waals surface area contributed by atoms with E-state index in [1.807, 2.05) is 0 Å². The SMILES string of the molecule is Cc1ccc(CN2CCCN(C)CC2CCN)cc1. The number of aryl methyl sites for hydroxylation is 1. The fourth-order valence-corrected chi connectivity index (χ4v) is 2.90. The zero-order valence-electron chi connectivity index (χ0n) is 12.3. The fraction of sp³-hybridized carbons (Fsp3) is 0.625. The number of rotatable bonds is 4. The van der Waals surface area contributed by atoms with E-state index in [1.54, 1.807) is 0 Å². The van der Waals surface area contributed by atoms with Crippen molar-refractivity contribution < 1.29 is 0 Å². The van der Waals surface area contributed by atoms with Gasteiger partial charge in [0.05, 0.1) is 0 Å². The minimum atomic E-state index is 0.596. The van der Waals surface area contributed by atoms with Gasteiger partial charge < -0.3 is 10.6 Å². The highest BCUT2D eigenvalue weighted by Crippen LogP contribution is 2.16. The van der Waals surface area contributed by atoms with E-state index in [0.717, 1.165) is 26.1 Å². The molecule has 0 spiro atoms. The van der Waals surface area contributed by atoms with Crippen LogP contribution in [-0.2, 0) is 6.54 Å². The van der Waals surface area contributed by atoms with Crippen LogP contribution in [0.2, 0.25) is 0 Å². The Kier molecular flexibility index (Phi) is 5.37. The normalized spacial score (nSPS) is 22.4. The van der Waals surface area contributed by atoms with Crippen molar-refractivity contribution in [2.24, 2.45) is 5.73 Å². The molecule has 1 unspecified atom stereocenters. The Morgan fingerprint density at radius 2 is 1.95 bits per heavy atom. The van der Waals surface area contributed by atoms with Crippen LogP contribution in [0.3, 0.4) is 0 Å². The second-order valence-electron chi connectivity index (χ2n) is 5.80. The molecule has 1 fully saturated rings. The number of hydrogen-bond acceptors (Lipinski definition) is 3. The predicted molar refractivity (Wildman–Crippen MR) is 81.2 cm³/mol. The van der Waals surface area contributed by atoms with Crippen LogP contribution >= 0.6 is 0 Å². The second kappa shape index (κ2) is 7.04. The monoisotopic (exact) mass is 261 g/mol. The highest BCUT2D eigenvalue weighted by molar-refractivity contribution is 5.21. The number of nitrogens with two attached hydrogens (primary N) is 1. The average Bonchev–Trinajstić information content (AvgIpc) is 2.55. The summed E-state index contributed by atoms with van der Waals surface area (Å²) in [6.07, 6.45) is 2.35. The molecule has 1 saturated heterocycles. The Hall–Kier alpha value is -0.900. The predicted octanol–water partition coefficient (Wildman–Crippen LogP) is 1.85. The Bertz CT molecular complexity index is 374. The molecular weight excluding hydrogens is 234 g/mol. The highest BCUT2D eigenvalue weighted by atomic mass is 15.2. The molecule has 0 saturated carbocycles. The van der Waals surface area contributed by atoms with E-state index < -0.39 is 0 Å². The molecule has 0 amide bonds. The maximum Gasteiger partial charge on any atom is 0.0238 e. The lowest BCUT2D eigenvalue weighted by Crippen LogP contribution is -2.41. The summed E-state index contributed by atoms with van der Waals surface area (Å²) in [5.41, 5.74) is 8.53. The molecule has 0 bridgehead atoms. The Morgan fingerprint density at radius 1 is 1.21 bits per heavy atom. The van der Waals surface area contributed by atoms with Crippen molar-refractivity contribution >= 4 is 0 Å². The van der Waals surface area contributed by atoms with Crippen LogP contribution in [0, 0.1) is 6.92 Å². The van der Waals surface area contributed by atoms with Crippen LogP contribution in [-0.4, -0.2) is 49.1 Å². The van der Waals surface area contributed by atoms with Crippen molar-refractivity contribution in [1.82, 2.24) is 9.80 Å². The second-order valence-corrected chi connectivity index (χ2v) is 5.80. The van der Waals surface area contributed by atoms with Crippen LogP contribution < -0.4 is 5.73 Å². The highest BCUT2D eigenvalue weighted by Gasteiger charge is 2.22. The first kappa shape index (κ1) is 14.5. The maximum absolute atomic E-state index is 5.79. The first-order chi connectivity index (χ1) is 9.19. The summed E-state index contributed by atoms with van der Waals surface area (Å²) in [5.74, 6) is 0. The van der Waals surface area contributed by atoms with E-state index in [4.69, 9.17) is 5.73 Å². The minimum absolute atomic E-state index is 0.596. The quantitative estimate of drug-likeness (QED) is 0.898. The van der Waals surface area contributed by atoms with Gasteiger partial charge in [-0.05, 0) is 45.5 Å². The van der Waals surface area contributed by atoms with Crippen LogP contribution in [0.15, 0.2) is 24.3 Å². The van der Waals surface area contributed by atoms with Crippen LogP contribution in [0.25, 0.3) is 0 Å². The maximum atomic E-state index is 5.79. The van der Waals surface area contributed by atoms with Crippen molar-refractivity contribution in [2.45, 2.75) is 32.4 Å². The molecule has 1 aromatic carbocycles. The van der Waals surface area contributed by atoms with Crippen LogP contribution in [0.1, 0.15) is 24.0 Å². The average molecular weight is 261 g/mol. The van der Waals surface area contributed by atoms with Gasteiger partial charge in [-0.1, -0.05) is 29.8 Å². The Labute approximate surface area is 117 Å². The zero-order valence-corrected chi connectivity index (χ0v) is 12.3. The van der Waals surface area contributed by atoms with Gasteiger partial charge >= 0.3 is 0 Å². The van der Waals surface area contributed by atoms with E-state index in [-0.39, 0.29) is 0 Å². The molecule has 3 nitrogen and oxygen atoms in total. The van der Waals surface area contributed by atoms with E-state index in [1.165, 1.54) is 30.6 Å². The largest absolute Gasteiger partial charge is 0.330 e. The topological polar surface area (TPSA) is 32.5 Å². The summed E-state index contributed by atoms with van der Waals surface area (Å²) < 4.78 is 0. The van der Waals surface area contributed by atoms with E-state index >= 15 is 0 Å². The number of hydrogen-bond donors (Lipinski definition) is 1. The van der Waals surface area contributed by atoms with Crippen molar-refractivity contribution in [3.8, 4) is 0 Å². The molecule has 2 N–H and O–H groups in total. The first-order valence-electron chi connectivity index (χ1n) is 7.37. The van der Waals surface area contributed by atoms with E-state index in [0.29, 0.717) is 6.04 Å². The molecule has 3 heteroatoms. The summed E-state index contributed by atoms with van der Waals surface area (Å²) in [4.78, 5) is 5.05. The van der Waals surface area contributed by atoms with Crippen molar-refractivity contribution in [3.63, 3.8) is 0 Å². The van der Waals surface area contributed by atoms with E-state index in [9.17, 15) is 0 Å². The van der Waals surface area contributed by atoms with Gasteiger partial charge in [-0.25, -0.2) is 0 Å². The summed E-state index contributed by atoms with van der Waals surface area (Å²) in [6.45, 7) is 7.50. The summed E-state index contributed by atoms with van der Waals surface area (Å²) in [7, 11) is 2.22. The minimum Gasteiger partial charge on any atom is -0.330 e. The number of likely N-dealkylation sites (N-methyl/N-ethyl adjacent to an activating group) is 1. The third-order valence-electron chi connectivity index (χ3n) is 4.03. The van der Waals surface area contributed by atoms with E-state index in [2.05, 4.69) is 48.0 Å². The number of benzene rings is 1. The van der Waals surface area contributed by atoms with Gasteiger partial charge in [0.1, 0.15) is 0 Å². The lowest BCUT2D eigenvalue weighted by Gasteiger charge is -2.30. The smallest absolute Gasteiger partial charge is 0.0238 e. The van der Waals surface area contributed by atoms with Gasteiger partial charge in [-0.15, -0.1) is 0 Å². The third kappa shape index (κ3) is 4.30. The molecule has 1 atom stereocenters. The summed E-state index contributed by atoms with van der Waals surface area (Å²) >= 11 is 0. The molecule has 1 aliphatic heterocycles. The lowest BCUT2D eigenvalue weighted by atomic mass is 10.1. The Morgan fingerprint density at radius 3 is 2.63 bits per heavy atom. The van der Waals surface area contributed by atoms with Gasteiger partial charge in [0.2, 0.25) is 0 Å². The Balaban J connectivity index is 2.04. The zero-order chi connectivity index (χ0) is 13.7. The molecule has 0 aliphatic carbocycles.